The number of allylic oxidation sites excluding steroid dienone is 3. The lowest BCUT2D eigenvalue weighted by molar-refractivity contribution is -0.136. The van der Waals surface area contributed by atoms with Gasteiger partial charge in [-0.15, -0.1) is 11.3 Å². The second-order valence-corrected chi connectivity index (χ2v) is 8.95. The zero-order valence-corrected chi connectivity index (χ0v) is 20.4. The number of aryl methyl sites for hydroxylation is 1. The third-order valence-corrected chi connectivity index (χ3v) is 6.40. The number of hydrogen-bond acceptors (Lipinski definition) is 6. The summed E-state index contributed by atoms with van der Waals surface area (Å²) < 4.78 is 31.0. The van der Waals surface area contributed by atoms with Gasteiger partial charge in [-0.2, -0.15) is 0 Å². The Bertz CT molecular complexity index is 1340. The minimum Gasteiger partial charge on any atom is -0.489 e. The zero-order valence-electron chi connectivity index (χ0n) is 19.6. The van der Waals surface area contributed by atoms with E-state index in [0.29, 0.717) is 33.9 Å². The highest BCUT2D eigenvalue weighted by molar-refractivity contribution is 7.12. The van der Waals surface area contributed by atoms with Crippen LogP contribution in [0.2, 0.25) is 0 Å². The molecule has 1 aliphatic carbocycles. The summed E-state index contributed by atoms with van der Waals surface area (Å²) in [6.07, 6.45) is 3.43. The predicted octanol–water partition coefficient (Wildman–Crippen LogP) is 6.17. The van der Waals surface area contributed by atoms with E-state index >= 15 is 0 Å². The number of benzene rings is 2. The average Bonchev–Trinajstić information content (AvgIpc) is 3.19. The van der Waals surface area contributed by atoms with Gasteiger partial charge in [0.25, 0.3) is 0 Å². The van der Waals surface area contributed by atoms with Crippen molar-refractivity contribution in [2.24, 2.45) is 5.73 Å². The van der Waals surface area contributed by atoms with Gasteiger partial charge in [-0.25, -0.2) is 9.18 Å². The molecule has 5 nitrogen and oxygen atoms in total. The fraction of sp³-hybridized carbons (Fsp3) is 0.179. The first-order valence-corrected chi connectivity index (χ1v) is 12.0. The van der Waals surface area contributed by atoms with E-state index in [9.17, 15) is 9.18 Å². The number of halogens is 1. The van der Waals surface area contributed by atoms with Crippen LogP contribution >= 0.6 is 11.3 Å². The number of carbonyl (C=O) groups excluding carboxylic acids is 1. The van der Waals surface area contributed by atoms with E-state index in [1.165, 1.54) is 17.4 Å². The highest BCUT2D eigenvalue weighted by atomic mass is 32.1. The average molecular weight is 492 g/mol. The van der Waals surface area contributed by atoms with Crippen molar-refractivity contribution in [1.82, 2.24) is 0 Å². The number of fused-ring (bicyclic) bond motifs is 1. The molecule has 3 aromatic rings. The first-order valence-electron chi connectivity index (χ1n) is 11.1. The predicted molar refractivity (Wildman–Crippen MR) is 136 cm³/mol. The Morgan fingerprint density at radius 1 is 1.06 bits per heavy atom. The van der Waals surface area contributed by atoms with Crippen molar-refractivity contribution in [1.29, 1.82) is 0 Å². The van der Waals surface area contributed by atoms with Crippen LogP contribution in [0.1, 0.15) is 34.1 Å². The summed E-state index contributed by atoms with van der Waals surface area (Å²) in [7, 11) is 0. The van der Waals surface area contributed by atoms with Crippen molar-refractivity contribution >= 4 is 28.6 Å². The first kappa shape index (κ1) is 24.3. The van der Waals surface area contributed by atoms with Gasteiger partial charge in [0.15, 0.2) is 0 Å². The monoisotopic (exact) mass is 491 g/mol. The van der Waals surface area contributed by atoms with Crippen molar-refractivity contribution in [2.45, 2.75) is 27.1 Å². The molecule has 0 unspecified atom stereocenters. The van der Waals surface area contributed by atoms with Crippen molar-refractivity contribution in [3.63, 3.8) is 0 Å². The van der Waals surface area contributed by atoms with Crippen LogP contribution in [0, 0.1) is 12.7 Å². The number of hydrogen-bond donors (Lipinski definition) is 1. The second-order valence-electron chi connectivity index (χ2n) is 8.07. The molecule has 2 N–H and O–H groups in total. The Hall–Kier alpha value is -3.84. The van der Waals surface area contributed by atoms with Crippen molar-refractivity contribution in [3.05, 3.63) is 105 Å². The summed E-state index contributed by atoms with van der Waals surface area (Å²) in [4.78, 5) is 13.3. The van der Waals surface area contributed by atoms with Crippen LogP contribution in [0.5, 0.6) is 11.5 Å². The molecule has 1 aromatic heterocycles. The molecule has 4 rings (SSSR count). The van der Waals surface area contributed by atoms with Crippen LogP contribution in [0.25, 0.3) is 11.3 Å². The van der Waals surface area contributed by atoms with Crippen molar-refractivity contribution in [3.8, 4) is 11.5 Å². The lowest BCUT2D eigenvalue weighted by atomic mass is 10.1. The van der Waals surface area contributed by atoms with E-state index in [4.69, 9.17) is 19.9 Å². The third-order valence-electron chi connectivity index (χ3n) is 5.34. The zero-order chi connectivity index (χ0) is 24.9. The Labute approximate surface area is 207 Å². The Balaban J connectivity index is 1.53. The smallest absolute Gasteiger partial charge is 0.339 e. The quantitative estimate of drug-likeness (QED) is 0.382. The maximum Gasteiger partial charge on any atom is 0.339 e. The Kier molecular flexibility index (Phi) is 7.36. The van der Waals surface area contributed by atoms with Gasteiger partial charge in [0.1, 0.15) is 30.5 Å². The fourth-order valence-electron chi connectivity index (χ4n) is 3.76. The number of carbonyl (C=O) groups is 1. The van der Waals surface area contributed by atoms with Gasteiger partial charge in [0, 0.05) is 28.5 Å². The molecule has 0 radical (unpaired) electrons. The largest absolute Gasteiger partial charge is 0.489 e. The van der Waals surface area contributed by atoms with Crippen molar-refractivity contribution < 1.29 is 23.4 Å². The normalized spacial score (nSPS) is 12.8. The van der Waals surface area contributed by atoms with Crippen molar-refractivity contribution in [2.75, 3.05) is 6.61 Å². The van der Waals surface area contributed by atoms with Gasteiger partial charge in [-0.1, -0.05) is 24.8 Å². The summed E-state index contributed by atoms with van der Waals surface area (Å²) >= 11 is 1.41. The van der Waals surface area contributed by atoms with Gasteiger partial charge < -0.3 is 19.9 Å². The van der Waals surface area contributed by atoms with E-state index in [0.717, 1.165) is 21.6 Å². The molecule has 0 atom stereocenters. The van der Waals surface area contributed by atoms with Gasteiger partial charge in [-0.05, 0) is 60.7 Å². The summed E-state index contributed by atoms with van der Waals surface area (Å²) in [6, 6.07) is 12.0. The highest BCUT2D eigenvalue weighted by Crippen LogP contribution is 2.37. The molecule has 1 aliphatic rings. The molecular weight excluding hydrogens is 465 g/mol. The molecule has 0 aliphatic heterocycles. The number of nitrogens with two attached hydrogens (primary N) is 1. The van der Waals surface area contributed by atoms with E-state index in [1.54, 1.807) is 43.3 Å². The maximum atomic E-state index is 13.9. The lowest BCUT2D eigenvalue weighted by Crippen LogP contribution is -2.08. The van der Waals surface area contributed by atoms with Gasteiger partial charge in [0.05, 0.1) is 17.1 Å². The minimum absolute atomic E-state index is 0.113. The molecular formula is C28H26FNO4S. The standard InChI is InChI=1S/C28H26FNO4S/c1-4-32-28(31)23-11-18(3)12-25(30)26-20(16-35-27(23)26)15-34-22-10-17(2)9-21(13-22)33-14-19-7-5-6-8-24(19)29/h5-13,16H,3-4,14-15,30H2,1-2H3. The second kappa shape index (κ2) is 10.6. The van der Waals surface area contributed by atoms with E-state index in [-0.39, 0.29) is 25.6 Å². The molecule has 35 heavy (non-hydrogen) atoms. The van der Waals surface area contributed by atoms with E-state index < -0.39 is 5.97 Å². The molecule has 2 aromatic carbocycles. The molecule has 0 fully saturated rings. The number of esters is 1. The maximum absolute atomic E-state index is 13.9. The summed E-state index contributed by atoms with van der Waals surface area (Å²) in [6.45, 7) is 8.28. The summed E-state index contributed by atoms with van der Waals surface area (Å²) in [5, 5.41) is 1.93. The SMILES string of the molecule is C=C1C=C(C(=O)OCC)c2scc(COc3cc(C)cc(OCc4ccccc4F)c3)c2C(N)=C1. The molecule has 7 heteroatoms. The topological polar surface area (TPSA) is 70.8 Å². The van der Waals surface area contributed by atoms with Crippen LogP contribution in [0.15, 0.2) is 72.1 Å². The number of rotatable bonds is 8. The first-order chi connectivity index (χ1) is 16.9. The molecule has 1 heterocycles. The summed E-state index contributed by atoms with van der Waals surface area (Å²) in [5.41, 5.74) is 10.9. The third kappa shape index (κ3) is 5.63. The van der Waals surface area contributed by atoms with Crippen LogP contribution < -0.4 is 15.2 Å². The van der Waals surface area contributed by atoms with Crippen LogP contribution in [-0.4, -0.2) is 12.6 Å². The van der Waals surface area contributed by atoms with Crippen LogP contribution in [0.4, 0.5) is 4.39 Å². The van der Waals surface area contributed by atoms with Gasteiger partial charge in [-0.3, -0.25) is 0 Å². The minimum atomic E-state index is -0.414. The molecule has 0 amide bonds. The van der Waals surface area contributed by atoms with Gasteiger partial charge >= 0.3 is 5.97 Å². The highest BCUT2D eigenvalue weighted by Gasteiger charge is 2.25. The Morgan fingerprint density at radius 2 is 1.74 bits per heavy atom. The van der Waals surface area contributed by atoms with Crippen LogP contribution in [-0.2, 0) is 22.7 Å². The molecule has 0 spiro atoms. The van der Waals surface area contributed by atoms with E-state index in [2.05, 4.69) is 6.58 Å². The number of ether oxygens (including phenoxy) is 3. The Morgan fingerprint density at radius 3 is 2.43 bits per heavy atom. The van der Waals surface area contributed by atoms with E-state index in [1.807, 2.05) is 24.4 Å². The van der Waals surface area contributed by atoms with Crippen LogP contribution in [0.3, 0.4) is 0 Å². The molecule has 0 bridgehead atoms. The summed E-state index contributed by atoms with van der Waals surface area (Å²) in [5.74, 6) is 0.466. The van der Waals surface area contributed by atoms with Gasteiger partial charge in [0.2, 0.25) is 0 Å². The molecule has 0 saturated heterocycles. The molecule has 0 saturated carbocycles. The fourth-order valence-corrected chi connectivity index (χ4v) is 4.84. The lowest BCUT2D eigenvalue weighted by Gasteiger charge is -2.13. The molecule has 180 valence electrons. The number of thiophene rings is 1.